The fraction of sp³-hybridized carbons (Fsp3) is 0.440. The molecule has 1 aliphatic carbocycles. The van der Waals surface area contributed by atoms with Gasteiger partial charge >= 0.3 is 0 Å². The number of aromatic amines is 1. The summed E-state index contributed by atoms with van der Waals surface area (Å²) in [7, 11) is -2.10. The van der Waals surface area contributed by atoms with E-state index in [1.54, 1.807) is 18.5 Å². The highest BCUT2D eigenvalue weighted by Gasteiger charge is 2.39. The lowest BCUT2D eigenvalue weighted by atomic mass is 10.00. The van der Waals surface area contributed by atoms with Gasteiger partial charge in [-0.2, -0.15) is 5.10 Å². The molecule has 2 N–H and O–H groups in total. The molecule has 38 heavy (non-hydrogen) atoms. The summed E-state index contributed by atoms with van der Waals surface area (Å²) in [6.07, 6.45) is 9.04. The van der Waals surface area contributed by atoms with E-state index < -0.39 is 10.0 Å². The van der Waals surface area contributed by atoms with Gasteiger partial charge in [0.25, 0.3) is 0 Å². The van der Waals surface area contributed by atoms with Gasteiger partial charge in [0.1, 0.15) is 5.69 Å². The monoisotopic (exact) mass is 539 g/mol. The van der Waals surface area contributed by atoms with Crippen LogP contribution in [0.4, 0.5) is 5.69 Å². The van der Waals surface area contributed by atoms with Crippen molar-refractivity contribution in [2.24, 2.45) is 0 Å². The Morgan fingerprint density at radius 3 is 2.79 bits per heavy atom. The predicted molar refractivity (Wildman–Crippen MR) is 140 cm³/mol. The standard InChI is InChI=1S/C25H29N7O5S/c1-35-24-21(31-38(2,33)34)11-17(12-26-24)16-9-18(19-13-27-28-20(19)10-16)23-30-29-22(37-23)14-32-7-8-36-25(15-32)5-3-4-6-25/h9-13,31H,3-8,14-15H2,1-2H3,(H,27,28). The molecule has 0 atom stereocenters. The Morgan fingerprint density at radius 1 is 1.16 bits per heavy atom. The first-order valence-corrected chi connectivity index (χ1v) is 14.4. The Hall–Kier alpha value is -3.55. The summed E-state index contributed by atoms with van der Waals surface area (Å²) in [5.41, 5.74) is 3.12. The van der Waals surface area contributed by atoms with Gasteiger partial charge in [0.15, 0.2) is 0 Å². The summed E-state index contributed by atoms with van der Waals surface area (Å²) < 4.78 is 43.7. The largest absolute Gasteiger partial charge is 0.480 e. The van der Waals surface area contributed by atoms with Crippen LogP contribution in [-0.2, 0) is 21.3 Å². The number of morpholine rings is 1. The second kappa shape index (κ2) is 9.64. The average Bonchev–Trinajstić information content (AvgIpc) is 3.64. The van der Waals surface area contributed by atoms with E-state index in [2.05, 4.69) is 35.0 Å². The van der Waals surface area contributed by atoms with E-state index in [1.807, 2.05) is 12.1 Å². The van der Waals surface area contributed by atoms with Crippen molar-refractivity contribution >= 4 is 26.6 Å². The van der Waals surface area contributed by atoms with Crippen LogP contribution in [0.25, 0.3) is 33.5 Å². The molecule has 6 rings (SSSR count). The number of ether oxygens (including phenoxy) is 2. The van der Waals surface area contributed by atoms with Crippen LogP contribution in [0.1, 0.15) is 31.6 Å². The summed E-state index contributed by atoms with van der Waals surface area (Å²) >= 11 is 0. The summed E-state index contributed by atoms with van der Waals surface area (Å²) in [5.74, 6) is 1.10. The fourth-order valence-corrected chi connectivity index (χ4v) is 5.98. The van der Waals surface area contributed by atoms with Gasteiger partial charge in [0.2, 0.25) is 27.7 Å². The van der Waals surface area contributed by atoms with Crippen molar-refractivity contribution < 1.29 is 22.3 Å². The number of H-pyrrole nitrogens is 1. The Labute approximate surface area is 219 Å². The maximum Gasteiger partial charge on any atom is 0.248 e. The zero-order chi connectivity index (χ0) is 26.3. The molecule has 2 fully saturated rings. The number of pyridine rings is 1. The smallest absolute Gasteiger partial charge is 0.248 e. The predicted octanol–water partition coefficient (Wildman–Crippen LogP) is 3.20. The zero-order valence-electron chi connectivity index (χ0n) is 21.2. The van der Waals surface area contributed by atoms with Crippen LogP contribution in [0.2, 0.25) is 0 Å². The van der Waals surface area contributed by atoms with Gasteiger partial charge < -0.3 is 13.9 Å². The minimum Gasteiger partial charge on any atom is -0.480 e. The van der Waals surface area contributed by atoms with Crippen LogP contribution in [0.15, 0.2) is 35.0 Å². The second-order valence-corrected chi connectivity index (χ2v) is 11.7. The number of rotatable bonds is 7. The minimum absolute atomic E-state index is 0.0321. The molecule has 0 unspecified atom stereocenters. The summed E-state index contributed by atoms with van der Waals surface area (Å²) in [4.78, 5) is 6.61. The number of benzene rings is 1. The quantitative estimate of drug-likeness (QED) is 0.359. The highest BCUT2D eigenvalue weighted by molar-refractivity contribution is 7.92. The number of fused-ring (bicyclic) bond motifs is 1. The van der Waals surface area contributed by atoms with E-state index in [4.69, 9.17) is 13.9 Å². The number of sulfonamides is 1. The molecule has 13 heteroatoms. The van der Waals surface area contributed by atoms with E-state index in [9.17, 15) is 8.42 Å². The molecule has 0 bridgehead atoms. The molecule has 4 aromatic rings. The number of nitrogens with zero attached hydrogens (tertiary/aromatic N) is 5. The number of anilines is 1. The average molecular weight is 540 g/mol. The molecule has 200 valence electrons. The van der Waals surface area contributed by atoms with Gasteiger partial charge in [-0.3, -0.25) is 14.7 Å². The zero-order valence-corrected chi connectivity index (χ0v) is 22.0. The Balaban J connectivity index is 1.31. The van der Waals surface area contributed by atoms with Gasteiger partial charge in [-0.15, -0.1) is 10.2 Å². The topological polar surface area (TPSA) is 148 Å². The van der Waals surface area contributed by atoms with Crippen LogP contribution in [0.5, 0.6) is 5.88 Å². The fourth-order valence-electron chi connectivity index (χ4n) is 5.44. The van der Waals surface area contributed by atoms with Gasteiger partial charge in [0.05, 0.1) is 49.4 Å². The van der Waals surface area contributed by atoms with E-state index >= 15 is 0 Å². The molecule has 1 aromatic carbocycles. The lowest BCUT2D eigenvalue weighted by Crippen LogP contribution is -2.49. The van der Waals surface area contributed by atoms with Crippen LogP contribution in [0, 0.1) is 0 Å². The van der Waals surface area contributed by atoms with E-state index in [1.165, 1.54) is 20.0 Å². The third-order valence-electron chi connectivity index (χ3n) is 7.13. The van der Waals surface area contributed by atoms with E-state index in [0.717, 1.165) is 48.7 Å². The van der Waals surface area contributed by atoms with Crippen LogP contribution in [0.3, 0.4) is 0 Å². The van der Waals surface area contributed by atoms with Crippen molar-refractivity contribution in [3.63, 3.8) is 0 Å². The third kappa shape index (κ3) is 4.96. The van der Waals surface area contributed by atoms with Crippen LogP contribution < -0.4 is 9.46 Å². The number of nitrogens with one attached hydrogen (secondary N) is 2. The highest BCUT2D eigenvalue weighted by Crippen LogP contribution is 2.37. The van der Waals surface area contributed by atoms with Crippen molar-refractivity contribution in [1.82, 2.24) is 30.3 Å². The molecule has 3 aromatic heterocycles. The minimum atomic E-state index is -3.53. The molecule has 2 aliphatic rings. The first-order valence-electron chi connectivity index (χ1n) is 12.5. The first kappa shape index (κ1) is 24.8. The molecule has 1 saturated carbocycles. The second-order valence-electron chi connectivity index (χ2n) is 9.96. The number of aromatic nitrogens is 5. The number of methoxy groups -OCH3 is 1. The summed E-state index contributed by atoms with van der Waals surface area (Å²) in [6, 6.07) is 5.49. The SMILES string of the molecule is COc1ncc(-c2cc(-c3nnc(CN4CCOC5(CCCC5)C4)o3)c3cn[nH]c3c2)cc1NS(C)(=O)=O. The van der Waals surface area contributed by atoms with E-state index in [0.29, 0.717) is 36.1 Å². The molecule has 12 nitrogen and oxygen atoms in total. The van der Waals surface area contributed by atoms with Crippen molar-refractivity contribution in [3.05, 3.63) is 36.5 Å². The van der Waals surface area contributed by atoms with Gasteiger partial charge in [-0.1, -0.05) is 12.8 Å². The molecule has 1 saturated heterocycles. The summed E-state index contributed by atoms with van der Waals surface area (Å²) in [6.45, 7) is 2.98. The lowest BCUT2D eigenvalue weighted by Gasteiger charge is -2.40. The van der Waals surface area contributed by atoms with E-state index in [-0.39, 0.29) is 17.2 Å². The van der Waals surface area contributed by atoms with Crippen molar-refractivity contribution in [2.75, 3.05) is 37.8 Å². The number of hydrogen-bond donors (Lipinski definition) is 2. The Kier molecular flexibility index (Phi) is 6.28. The molecule has 0 amide bonds. The molecular formula is C25H29N7O5S. The third-order valence-corrected chi connectivity index (χ3v) is 7.72. The van der Waals surface area contributed by atoms with Crippen molar-refractivity contribution in [3.8, 4) is 28.5 Å². The Morgan fingerprint density at radius 2 is 2.00 bits per heavy atom. The van der Waals surface area contributed by atoms with Gasteiger partial charge in [-0.05, 0) is 36.6 Å². The molecular weight excluding hydrogens is 510 g/mol. The normalized spacial score (nSPS) is 17.8. The van der Waals surface area contributed by atoms with Gasteiger partial charge in [0, 0.05) is 30.2 Å². The first-order chi connectivity index (χ1) is 18.3. The molecule has 4 heterocycles. The highest BCUT2D eigenvalue weighted by atomic mass is 32.2. The lowest BCUT2D eigenvalue weighted by molar-refractivity contribution is -0.108. The maximum atomic E-state index is 11.9. The van der Waals surface area contributed by atoms with Crippen molar-refractivity contribution in [1.29, 1.82) is 0 Å². The number of hydrogen-bond acceptors (Lipinski definition) is 10. The maximum absolute atomic E-state index is 11.9. The van der Waals surface area contributed by atoms with Crippen molar-refractivity contribution in [2.45, 2.75) is 37.8 Å². The molecule has 1 spiro atoms. The molecule has 0 radical (unpaired) electrons. The molecule has 1 aliphatic heterocycles. The van der Waals surface area contributed by atoms with Crippen LogP contribution >= 0.6 is 0 Å². The summed E-state index contributed by atoms with van der Waals surface area (Å²) in [5, 5.41) is 16.7. The Bertz CT molecular complexity index is 1580. The van der Waals surface area contributed by atoms with Gasteiger partial charge in [-0.25, -0.2) is 13.4 Å². The van der Waals surface area contributed by atoms with Crippen LogP contribution in [-0.4, -0.2) is 77.4 Å².